The van der Waals surface area contributed by atoms with E-state index in [4.69, 9.17) is 10.2 Å². The van der Waals surface area contributed by atoms with Gasteiger partial charge in [0.1, 0.15) is 0 Å². The Morgan fingerprint density at radius 2 is 1.89 bits per heavy atom. The number of aliphatic carboxylic acids is 1. The second-order valence-corrected chi connectivity index (χ2v) is 8.01. The van der Waals surface area contributed by atoms with Crippen LogP contribution in [0.4, 0.5) is 11.6 Å². The number of carboxylic acids is 1. The van der Waals surface area contributed by atoms with E-state index in [9.17, 15) is 13.2 Å². The van der Waals surface area contributed by atoms with Crippen LogP contribution in [0.25, 0.3) is 16.6 Å². The minimum atomic E-state index is -3.74. The van der Waals surface area contributed by atoms with Gasteiger partial charge in [-0.1, -0.05) is 0 Å². The van der Waals surface area contributed by atoms with Crippen LogP contribution in [0.2, 0.25) is 0 Å². The SMILES string of the molecule is NS(=O)(=O)c1ccc(Nc2nccc(-c3ccc(C=CC(=O)O)s3)n2)cc1. The summed E-state index contributed by atoms with van der Waals surface area (Å²) < 4.78 is 22.6. The molecule has 2 heterocycles. The number of sulfonamides is 1. The third kappa shape index (κ3) is 4.97. The van der Waals surface area contributed by atoms with Crippen LogP contribution in [-0.2, 0) is 14.8 Å². The number of benzene rings is 1. The van der Waals surface area contributed by atoms with Crippen molar-refractivity contribution in [2.24, 2.45) is 5.14 Å². The molecule has 0 aliphatic carbocycles. The molecule has 27 heavy (non-hydrogen) atoms. The van der Waals surface area contributed by atoms with E-state index < -0.39 is 16.0 Å². The van der Waals surface area contributed by atoms with Crippen molar-refractivity contribution in [2.45, 2.75) is 4.90 Å². The molecule has 2 aromatic heterocycles. The molecule has 0 spiro atoms. The lowest BCUT2D eigenvalue weighted by Crippen LogP contribution is -2.11. The van der Waals surface area contributed by atoms with Gasteiger partial charge in [-0.3, -0.25) is 0 Å². The predicted octanol–water partition coefficient (Wildman–Crippen LogP) is 2.69. The maximum atomic E-state index is 11.3. The summed E-state index contributed by atoms with van der Waals surface area (Å²) in [4.78, 5) is 20.8. The lowest BCUT2D eigenvalue weighted by atomic mass is 10.3. The highest BCUT2D eigenvalue weighted by molar-refractivity contribution is 7.89. The van der Waals surface area contributed by atoms with Gasteiger partial charge >= 0.3 is 5.97 Å². The smallest absolute Gasteiger partial charge is 0.328 e. The Hall–Kier alpha value is -3.08. The number of nitrogens with zero attached hydrogens (tertiary/aromatic N) is 2. The van der Waals surface area contributed by atoms with E-state index >= 15 is 0 Å². The minimum absolute atomic E-state index is 0.0169. The highest BCUT2D eigenvalue weighted by Gasteiger charge is 2.08. The molecular formula is C17H14N4O4S2. The second-order valence-electron chi connectivity index (χ2n) is 5.33. The summed E-state index contributed by atoms with van der Waals surface area (Å²) >= 11 is 1.40. The van der Waals surface area contributed by atoms with Gasteiger partial charge in [0.05, 0.1) is 15.5 Å². The maximum Gasteiger partial charge on any atom is 0.328 e. The summed E-state index contributed by atoms with van der Waals surface area (Å²) in [6.45, 7) is 0. The van der Waals surface area contributed by atoms with Crippen molar-refractivity contribution in [2.75, 3.05) is 5.32 Å². The molecule has 10 heteroatoms. The van der Waals surface area contributed by atoms with Gasteiger partial charge < -0.3 is 10.4 Å². The molecule has 3 rings (SSSR count). The Balaban J connectivity index is 1.79. The zero-order valence-electron chi connectivity index (χ0n) is 13.7. The Kier molecular flexibility index (Phi) is 5.31. The molecule has 0 aliphatic heterocycles. The average molecular weight is 402 g/mol. The lowest BCUT2D eigenvalue weighted by molar-refractivity contribution is -0.131. The zero-order valence-corrected chi connectivity index (χ0v) is 15.4. The molecule has 0 fully saturated rings. The molecule has 4 N–H and O–H groups in total. The molecule has 0 amide bonds. The molecule has 3 aromatic rings. The van der Waals surface area contributed by atoms with Crippen molar-refractivity contribution in [3.63, 3.8) is 0 Å². The van der Waals surface area contributed by atoms with Gasteiger partial charge in [-0.2, -0.15) is 0 Å². The fraction of sp³-hybridized carbons (Fsp3) is 0. The molecule has 0 radical (unpaired) electrons. The molecule has 138 valence electrons. The van der Waals surface area contributed by atoms with Crippen LogP contribution < -0.4 is 10.5 Å². The van der Waals surface area contributed by atoms with Gasteiger partial charge in [-0.25, -0.2) is 28.3 Å². The summed E-state index contributed by atoms with van der Waals surface area (Å²) in [5, 5.41) is 16.8. The van der Waals surface area contributed by atoms with E-state index in [0.29, 0.717) is 17.3 Å². The van der Waals surface area contributed by atoms with Crippen LogP contribution in [0, 0.1) is 0 Å². The summed E-state index contributed by atoms with van der Waals surface area (Å²) in [6, 6.07) is 11.3. The molecule has 0 saturated heterocycles. The topological polar surface area (TPSA) is 135 Å². The first-order valence-electron chi connectivity index (χ1n) is 7.55. The third-order valence-corrected chi connectivity index (χ3v) is 5.37. The molecule has 0 atom stereocenters. The first-order valence-corrected chi connectivity index (χ1v) is 9.92. The van der Waals surface area contributed by atoms with Crippen molar-refractivity contribution in [3.8, 4) is 10.6 Å². The van der Waals surface area contributed by atoms with Crippen LogP contribution in [0.5, 0.6) is 0 Å². The van der Waals surface area contributed by atoms with Crippen molar-refractivity contribution < 1.29 is 18.3 Å². The van der Waals surface area contributed by atoms with E-state index in [0.717, 1.165) is 15.8 Å². The highest BCUT2D eigenvalue weighted by atomic mass is 32.2. The van der Waals surface area contributed by atoms with Crippen LogP contribution in [-0.4, -0.2) is 29.5 Å². The summed E-state index contributed by atoms with van der Waals surface area (Å²) in [7, 11) is -3.74. The normalized spacial score (nSPS) is 11.6. The van der Waals surface area contributed by atoms with Crippen LogP contribution in [0.15, 0.2) is 59.6 Å². The Bertz CT molecular complexity index is 1110. The number of rotatable bonds is 6. The van der Waals surface area contributed by atoms with Crippen LogP contribution >= 0.6 is 11.3 Å². The fourth-order valence-electron chi connectivity index (χ4n) is 2.15. The van der Waals surface area contributed by atoms with Crippen LogP contribution in [0.1, 0.15) is 4.88 Å². The largest absolute Gasteiger partial charge is 0.478 e. The van der Waals surface area contributed by atoms with Crippen molar-refractivity contribution >= 4 is 45.0 Å². The number of carbonyl (C=O) groups is 1. The third-order valence-electron chi connectivity index (χ3n) is 3.36. The number of hydrogen-bond donors (Lipinski definition) is 3. The van der Waals surface area contributed by atoms with E-state index in [1.54, 1.807) is 30.5 Å². The number of nitrogens with two attached hydrogens (primary N) is 1. The monoisotopic (exact) mass is 402 g/mol. The van der Waals surface area contributed by atoms with E-state index in [2.05, 4.69) is 15.3 Å². The second kappa shape index (κ2) is 7.66. The number of aromatic nitrogens is 2. The molecule has 0 aliphatic rings. The number of thiophene rings is 1. The first-order chi connectivity index (χ1) is 12.8. The molecule has 0 unspecified atom stereocenters. The lowest BCUT2D eigenvalue weighted by Gasteiger charge is -2.06. The number of hydrogen-bond acceptors (Lipinski definition) is 7. The number of nitrogens with one attached hydrogen (secondary N) is 1. The molecular weight excluding hydrogens is 388 g/mol. The quantitative estimate of drug-likeness (QED) is 0.539. The molecule has 0 bridgehead atoms. The van der Waals surface area contributed by atoms with Crippen LogP contribution in [0.3, 0.4) is 0 Å². The van der Waals surface area contributed by atoms with Crippen molar-refractivity contribution in [1.82, 2.24) is 9.97 Å². The van der Waals surface area contributed by atoms with Gasteiger partial charge in [0.25, 0.3) is 0 Å². The average Bonchev–Trinajstić information content (AvgIpc) is 3.09. The summed E-state index contributed by atoms with van der Waals surface area (Å²) in [5.41, 5.74) is 1.28. The fourth-order valence-corrected chi connectivity index (χ4v) is 3.54. The summed E-state index contributed by atoms with van der Waals surface area (Å²) in [6.07, 6.45) is 4.19. The first kappa shape index (κ1) is 18.7. The standard InChI is InChI=1S/C17H14N4O4S2/c18-27(24,25)13-5-1-11(2-6-13)20-17-19-10-9-14(21-17)15-7-3-12(26-15)4-8-16(22)23/h1-10H,(H,22,23)(H2,18,24,25)(H,19,20,21). The maximum absolute atomic E-state index is 11.3. The van der Waals surface area contributed by atoms with E-state index in [-0.39, 0.29) is 4.90 Å². The molecule has 1 aromatic carbocycles. The minimum Gasteiger partial charge on any atom is -0.478 e. The van der Waals surface area contributed by atoms with E-state index in [1.807, 2.05) is 6.07 Å². The van der Waals surface area contributed by atoms with Gasteiger partial charge in [0.2, 0.25) is 16.0 Å². The van der Waals surface area contributed by atoms with E-state index in [1.165, 1.54) is 29.5 Å². The Labute approximate surface area is 159 Å². The summed E-state index contributed by atoms with van der Waals surface area (Å²) in [5.74, 6) is -0.668. The Morgan fingerprint density at radius 3 is 2.56 bits per heavy atom. The number of primary sulfonamides is 1. The highest BCUT2D eigenvalue weighted by Crippen LogP contribution is 2.28. The van der Waals surface area contributed by atoms with Gasteiger partial charge in [-0.15, -0.1) is 11.3 Å². The number of carboxylic acid groups (broad SMARTS) is 1. The number of anilines is 2. The van der Waals surface area contributed by atoms with Crippen molar-refractivity contribution in [1.29, 1.82) is 0 Å². The molecule has 8 nitrogen and oxygen atoms in total. The zero-order chi connectivity index (χ0) is 19.4. The molecule has 0 saturated carbocycles. The van der Waals surface area contributed by atoms with Gasteiger partial charge in [0.15, 0.2) is 0 Å². The van der Waals surface area contributed by atoms with Crippen molar-refractivity contribution in [3.05, 3.63) is 59.6 Å². The Morgan fingerprint density at radius 1 is 1.15 bits per heavy atom. The van der Waals surface area contributed by atoms with Gasteiger partial charge in [0, 0.05) is 22.8 Å². The predicted molar refractivity (Wildman–Crippen MR) is 103 cm³/mol. The van der Waals surface area contributed by atoms with Gasteiger partial charge in [-0.05, 0) is 48.5 Å².